The van der Waals surface area contributed by atoms with Crippen LogP contribution in [-0.2, 0) is 13.1 Å². The van der Waals surface area contributed by atoms with Crippen molar-refractivity contribution in [2.45, 2.75) is 20.0 Å². The minimum atomic E-state index is 0.598. The monoisotopic (exact) mass is 309 g/mol. The van der Waals surface area contributed by atoms with E-state index in [1.165, 1.54) is 0 Å². The van der Waals surface area contributed by atoms with E-state index in [-0.39, 0.29) is 0 Å². The molecule has 2 aromatic heterocycles. The predicted octanol–water partition coefficient (Wildman–Crippen LogP) is 3.43. The third kappa shape index (κ3) is 4.17. The summed E-state index contributed by atoms with van der Waals surface area (Å²) in [5.74, 6) is 1.42. The average molecular weight is 309 g/mol. The van der Waals surface area contributed by atoms with E-state index in [4.69, 9.17) is 9.15 Å². The molecule has 1 N–H and O–H groups in total. The molecule has 0 saturated carbocycles. The van der Waals surface area contributed by atoms with E-state index >= 15 is 0 Å². The van der Waals surface area contributed by atoms with Crippen molar-refractivity contribution >= 4 is 0 Å². The summed E-state index contributed by atoms with van der Waals surface area (Å²) >= 11 is 0. The van der Waals surface area contributed by atoms with Crippen LogP contribution >= 0.6 is 0 Å². The third-order valence-corrected chi connectivity index (χ3v) is 3.28. The van der Waals surface area contributed by atoms with Crippen LogP contribution in [0.25, 0.3) is 11.5 Å². The van der Waals surface area contributed by atoms with Crippen LogP contribution in [0, 0.1) is 0 Å². The molecule has 5 nitrogen and oxygen atoms in total. The molecule has 23 heavy (non-hydrogen) atoms. The van der Waals surface area contributed by atoms with Crippen LogP contribution < -0.4 is 10.1 Å². The molecule has 0 saturated heterocycles. The highest BCUT2D eigenvalue weighted by molar-refractivity contribution is 5.56. The smallest absolute Gasteiger partial charge is 0.226 e. The Labute approximate surface area is 135 Å². The highest BCUT2D eigenvalue weighted by atomic mass is 16.5. The minimum Gasteiger partial charge on any atom is -0.494 e. The Hall–Kier alpha value is -2.66. The van der Waals surface area contributed by atoms with Gasteiger partial charge in [0.05, 0.1) is 18.0 Å². The second kappa shape index (κ2) is 7.56. The van der Waals surface area contributed by atoms with Crippen molar-refractivity contribution in [2.75, 3.05) is 6.61 Å². The fourth-order valence-corrected chi connectivity index (χ4v) is 2.23. The number of aromatic nitrogens is 2. The van der Waals surface area contributed by atoms with Gasteiger partial charge in [-0.1, -0.05) is 12.1 Å². The van der Waals surface area contributed by atoms with E-state index in [2.05, 4.69) is 15.3 Å². The largest absolute Gasteiger partial charge is 0.494 e. The van der Waals surface area contributed by atoms with Crippen molar-refractivity contribution in [3.63, 3.8) is 0 Å². The maximum absolute atomic E-state index is 5.56. The van der Waals surface area contributed by atoms with Crippen molar-refractivity contribution in [2.24, 2.45) is 0 Å². The molecule has 0 unspecified atom stereocenters. The molecule has 5 heteroatoms. The number of benzene rings is 1. The zero-order valence-electron chi connectivity index (χ0n) is 13.0. The summed E-state index contributed by atoms with van der Waals surface area (Å²) < 4.78 is 11.1. The van der Waals surface area contributed by atoms with Crippen LogP contribution in [0.3, 0.4) is 0 Å². The van der Waals surface area contributed by atoms with Crippen LogP contribution in [0.1, 0.15) is 18.3 Å². The number of hydrogen-bond acceptors (Lipinski definition) is 5. The summed E-state index contributed by atoms with van der Waals surface area (Å²) in [6.07, 6.45) is 3.46. The molecule has 0 radical (unpaired) electrons. The summed E-state index contributed by atoms with van der Waals surface area (Å²) in [7, 11) is 0. The molecule has 0 spiro atoms. The first-order valence-electron chi connectivity index (χ1n) is 7.63. The summed E-state index contributed by atoms with van der Waals surface area (Å²) in [6, 6.07) is 13.6. The van der Waals surface area contributed by atoms with Gasteiger partial charge in [0.2, 0.25) is 5.89 Å². The zero-order valence-corrected chi connectivity index (χ0v) is 13.0. The van der Waals surface area contributed by atoms with Gasteiger partial charge in [-0.25, -0.2) is 4.98 Å². The molecule has 0 aliphatic heterocycles. The predicted molar refractivity (Wildman–Crippen MR) is 87.9 cm³/mol. The third-order valence-electron chi connectivity index (χ3n) is 3.28. The quantitative estimate of drug-likeness (QED) is 0.724. The zero-order chi connectivity index (χ0) is 15.9. The minimum absolute atomic E-state index is 0.598. The Morgan fingerprint density at radius 1 is 1.09 bits per heavy atom. The number of pyridine rings is 1. The van der Waals surface area contributed by atoms with Gasteiger partial charge in [0.1, 0.15) is 12.0 Å². The topological polar surface area (TPSA) is 60.2 Å². The van der Waals surface area contributed by atoms with Crippen LogP contribution in [0.2, 0.25) is 0 Å². The lowest BCUT2D eigenvalue weighted by Gasteiger charge is -2.03. The Bertz CT molecular complexity index is 741. The van der Waals surface area contributed by atoms with Gasteiger partial charge in [0, 0.05) is 24.8 Å². The summed E-state index contributed by atoms with van der Waals surface area (Å²) in [6.45, 7) is 3.93. The molecule has 118 valence electrons. The first-order chi connectivity index (χ1) is 11.3. The molecule has 0 aliphatic rings. The Balaban J connectivity index is 1.60. The van der Waals surface area contributed by atoms with Crippen molar-refractivity contribution in [1.82, 2.24) is 15.3 Å². The fraction of sp³-hybridized carbons (Fsp3) is 0.222. The molecule has 0 fully saturated rings. The maximum atomic E-state index is 5.56. The molecule has 3 rings (SSSR count). The van der Waals surface area contributed by atoms with E-state index in [1.807, 2.05) is 49.4 Å². The number of nitrogens with one attached hydrogen (secondary N) is 1. The van der Waals surface area contributed by atoms with Gasteiger partial charge in [0.15, 0.2) is 0 Å². The maximum Gasteiger partial charge on any atom is 0.226 e. The van der Waals surface area contributed by atoms with E-state index < -0.39 is 0 Å². The summed E-state index contributed by atoms with van der Waals surface area (Å²) in [5.41, 5.74) is 2.77. The summed E-state index contributed by atoms with van der Waals surface area (Å²) in [4.78, 5) is 8.78. The van der Waals surface area contributed by atoms with E-state index in [0.29, 0.717) is 25.6 Å². The standard InChI is InChI=1S/C18H19N3O2/c1-2-22-17-8-5-6-14(10-17)18-21-16(13-23-18)12-19-11-15-7-3-4-9-20-15/h3-10,13,19H,2,11-12H2,1H3. The van der Waals surface area contributed by atoms with Gasteiger partial charge < -0.3 is 14.5 Å². The highest BCUT2D eigenvalue weighted by Crippen LogP contribution is 2.23. The van der Waals surface area contributed by atoms with Gasteiger partial charge in [-0.15, -0.1) is 0 Å². The molecule has 2 heterocycles. The molecule has 0 bridgehead atoms. The van der Waals surface area contributed by atoms with Gasteiger partial charge in [-0.05, 0) is 37.3 Å². The molecular weight excluding hydrogens is 290 g/mol. The van der Waals surface area contributed by atoms with E-state index in [1.54, 1.807) is 12.5 Å². The van der Waals surface area contributed by atoms with Crippen LogP contribution in [0.4, 0.5) is 0 Å². The number of hydrogen-bond donors (Lipinski definition) is 1. The summed E-state index contributed by atoms with van der Waals surface area (Å²) in [5, 5.41) is 3.30. The Morgan fingerprint density at radius 2 is 2.00 bits per heavy atom. The van der Waals surface area contributed by atoms with E-state index in [0.717, 1.165) is 22.7 Å². The van der Waals surface area contributed by atoms with Gasteiger partial charge in [-0.3, -0.25) is 4.98 Å². The van der Waals surface area contributed by atoms with Crippen LogP contribution in [-0.4, -0.2) is 16.6 Å². The van der Waals surface area contributed by atoms with Gasteiger partial charge in [0.25, 0.3) is 0 Å². The van der Waals surface area contributed by atoms with Crippen molar-refractivity contribution in [3.8, 4) is 17.2 Å². The Morgan fingerprint density at radius 3 is 2.83 bits per heavy atom. The number of oxazole rings is 1. The number of rotatable bonds is 7. The fourth-order valence-electron chi connectivity index (χ4n) is 2.23. The second-order valence-electron chi connectivity index (χ2n) is 5.03. The first kappa shape index (κ1) is 15.2. The lowest BCUT2D eigenvalue weighted by molar-refractivity contribution is 0.340. The highest BCUT2D eigenvalue weighted by Gasteiger charge is 2.07. The lowest BCUT2D eigenvalue weighted by Crippen LogP contribution is -2.13. The van der Waals surface area contributed by atoms with Crippen molar-refractivity contribution < 1.29 is 9.15 Å². The lowest BCUT2D eigenvalue weighted by atomic mass is 10.2. The molecule has 0 amide bonds. The SMILES string of the molecule is CCOc1cccc(-c2nc(CNCc3ccccn3)co2)c1. The molecule has 3 aromatic rings. The number of nitrogens with zero attached hydrogens (tertiary/aromatic N) is 2. The molecule has 1 aromatic carbocycles. The van der Waals surface area contributed by atoms with Crippen LogP contribution in [0.5, 0.6) is 5.75 Å². The number of ether oxygens (including phenoxy) is 1. The van der Waals surface area contributed by atoms with E-state index in [9.17, 15) is 0 Å². The first-order valence-corrected chi connectivity index (χ1v) is 7.63. The van der Waals surface area contributed by atoms with Crippen molar-refractivity contribution in [3.05, 3.63) is 66.3 Å². The Kier molecular flexibility index (Phi) is 5.01. The average Bonchev–Trinajstić information content (AvgIpc) is 3.05. The van der Waals surface area contributed by atoms with Crippen molar-refractivity contribution in [1.29, 1.82) is 0 Å². The van der Waals surface area contributed by atoms with Gasteiger partial charge >= 0.3 is 0 Å². The normalized spacial score (nSPS) is 10.7. The van der Waals surface area contributed by atoms with Gasteiger partial charge in [-0.2, -0.15) is 0 Å². The second-order valence-corrected chi connectivity index (χ2v) is 5.03. The molecule has 0 aliphatic carbocycles. The molecule has 0 atom stereocenters. The van der Waals surface area contributed by atoms with Crippen LogP contribution in [0.15, 0.2) is 59.3 Å². The molecular formula is C18H19N3O2.